The number of nitrogens with zero attached hydrogens (tertiary/aromatic N) is 1. The molecule has 1 aliphatic rings. The van der Waals surface area contributed by atoms with Crippen LogP contribution in [-0.2, 0) is 0 Å². The summed E-state index contributed by atoms with van der Waals surface area (Å²) in [4.78, 5) is 17.7. The molecule has 0 radical (unpaired) electrons. The number of hydrogen-bond acceptors (Lipinski definition) is 6. The van der Waals surface area contributed by atoms with Crippen molar-refractivity contribution in [2.24, 2.45) is 0 Å². The van der Waals surface area contributed by atoms with E-state index in [4.69, 9.17) is 9.47 Å². The Hall–Kier alpha value is -2.38. The number of benzene rings is 1. The number of aromatic nitrogens is 1. The molecule has 1 N–H and O–H groups in total. The van der Waals surface area contributed by atoms with Crippen molar-refractivity contribution < 1.29 is 14.3 Å². The molecule has 0 saturated carbocycles. The fourth-order valence-electron chi connectivity index (χ4n) is 2.35. The Bertz CT molecular complexity index is 845. The van der Waals surface area contributed by atoms with Gasteiger partial charge >= 0.3 is 0 Å². The van der Waals surface area contributed by atoms with Crippen LogP contribution in [0.2, 0.25) is 0 Å². The number of fused-ring (bicyclic) bond motifs is 1. The van der Waals surface area contributed by atoms with E-state index >= 15 is 0 Å². The van der Waals surface area contributed by atoms with Gasteiger partial charge in [0.2, 0.25) is 0 Å². The Balaban J connectivity index is 1.36. The van der Waals surface area contributed by atoms with Crippen LogP contribution in [0.15, 0.2) is 47.2 Å². The summed E-state index contributed by atoms with van der Waals surface area (Å²) in [7, 11) is 0. The van der Waals surface area contributed by atoms with Crippen LogP contribution in [0, 0.1) is 0 Å². The van der Waals surface area contributed by atoms with Crippen molar-refractivity contribution >= 4 is 28.6 Å². The first-order valence-electron chi connectivity index (χ1n) is 7.46. The number of para-hydroxylation sites is 2. The first-order valence-corrected chi connectivity index (χ1v) is 9.21. The zero-order valence-electron chi connectivity index (χ0n) is 12.6. The maximum absolute atomic E-state index is 12.3. The van der Waals surface area contributed by atoms with Gasteiger partial charge in [0.05, 0.1) is 11.4 Å². The summed E-state index contributed by atoms with van der Waals surface area (Å²) in [6.45, 7) is 0.786. The van der Waals surface area contributed by atoms with Gasteiger partial charge in [-0.2, -0.15) is 0 Å². The van der Waals surface area contributed by atoms with Crippen molar-refractivity contribution in [2.75, 3.05) is 13.2 Å². The predicted molar refractivity (Wildman–Crippen MR) is 94.1 cm³/mol. The highest BCUT2D eigenvalue weighted by Gasteiger charge is 2.22. The fourth-order valence-corrected chi connectivity index (χ4v) is 3.97. The van der Waals surface area contributed by atoms with Crippen molar-refractivity contribution in [1.29, 1.82) is 0 Å². The second-order valence-electron chi connectivity index (χ2n) is 5.22. The molecule has 1 atom stereocenters. The van der Waals surface area contributed by atoms with E-state index in [2.05, 4.69) is 10.3 Å². The maximum atomic E-state index is 12.3. The van der Waals surface area contributed by atoms with Gasteiger partial charge in [0.25, 0.3) is 5.91 Å². The van der Waals surface area contributed by atoms with Crippen LogP contribution >= 0.6 is 22.7 Å². The van der Waals surface area contributed by atoms with Crippen LogP contribution in [0.1, 0.15) is 10.5 Å². The first kappa shape index (κ1) is 15.2. The standard InChI is InChI=1S/C17H14N2O3S2/c20-16(12-10-24-17(19-12)15-6-3-7-23-15)18-8-11-9-21-13-4-1-2-5-14(13)22-11/h1-7,10-11H,8-9H2,(H,18,20). The molecule has 2 aromatic heterocycles. The van der Waals surface area contributed by atoms with E-state index in [0.717, 1.165) is 15.6 Å². The molecular formula is C17H14N2O3S2. The minimum absolute atomic E-state index is 0.198. The molecule has 122 valence electrons. The molecule has 1 aliphatic heterocycles. The molecule has 0 spiro atoms. The van der Waals surface area contributed by atoms with Crippen LogP contribution in [0.4, 0.5) is 0 Å². The number of ether oxygens (including phenoxy) is 2. The molecule has 5 nitrogen and oxygen atoms in total. The Kier molecular flexibility index (Phi) is 4.18. The molecule has 1 aromatic carbocycles. The van der Waals surface area contributed by atoms with E-state index < -0.39 is 0 Å². The van der Waals surface area contributed by atoms with Gasteiger partial charge in [-0.05, 0) is 23.6 Å². The van der Waals surface area contributed by atoms with E-state index in [1.165, 1.54) is 11.3 Å². The van der Waals surface area contributed by atoms with Crippen LogP contribution in [-0.4, -0.2) is 30.1 Å². The molecule has 3 aromatic rings. The number of carbonyl (C=O) groups excluding carboxylic acids is 1. The second-order valence-corrected chi connectivity index (χ2v) is 7.03. The van der Waals surface area contributed by atoms with Gasteiger partial charge < -0.3 is 14.8 Å². The summed E-state index contributed by atoms with van der Waals surface area (Å²) in [5, 5.41) is 7.49. The summed E-state index contributed by atoms with van der Waals surface area (Å²) in [6.07, 6.45) is -0.209. The molecule has 7 heteroatoms. The number of amides is 1. The molecular weight excluding hydrogens is 344 g/mol. The van der Waals surface area contributed by atoms with Crippen molar-refractivity contribution in [2.45, 2.75) is 6.10 Å². The highest BCUT2D eigenvalue weighted by atomic mass is 32.1. The molecule has 1 amide bonds. The van der Waals surface area contributed by atoms with E-state index in [1.807, 2.05) is 41.8 Å². The predicted octanol–water partition coefficient (Wildman–Crippen LogP) is 3.44. The van der Waals surface area contributed by atoms with Crippen LogP contribution in [0.5, 0.6) is 11.5 Å². The lowest BCUT2D eigenvalue weighted by molar-refractivity contribution is 0.0787. The van der Waals surface area contributed by atoms with Crippen molar-refractivity contribution in [3.05, 3.63) is 52.9 Å². The Labute approximate surface area is 146 Å². The highest BCUT2D eigenvalue weighted by molar-refractivity contribution is 7.20. The van der Waals surface area contributed by atoms with E-state index in [1.54, 1.807) is 16.7 Å². The summed E-state index contributed by atoms with van der Waals surface area (Å²) in [5.74, 6) is 1.24. The summed E-state index contributed by atoms with van der Waals surface area (Å²) in [5.41, 5.74) is 0.431. The minimum atomic E-state index is -0.209. The van der Waals surface area contributed by atoms with E-state index in [-0.39, 0.29) is 12.0 Å². The minimum Gasteiger partial charge on any atom is -0.486 e. The van der Waals surface area contributed by atoms with Gasteiger partial charge in [0, 0.05) is 5.38 Å². The third-order valence-electron chi connectivity index (χ3n) is 3.53. The third-order valence-corrected chi connectivity index (χ3v) is 5.41. The van der Waals surface area contributed by atoms with Gasteiger partial charge in [0.1, 0.15) is 23.4 Å². The fraction of sp³-hybridized carbons (Fsp3) is 0.176. The van der Waals surface area contributed by atoms with Gasteiger partial charge in [-0.25, -0.2) is 4.98 Å². The zero-order chi connectivity index (χ0) is 16.4. The molecule has 4 rings (SSSR count). The lowest BCUT2D eigenvalue weighted by Crippen LogP contribution is -2.40. The van der Waals surface area contributed by atoms with E-state index in [9.17, 15) is 4.79 Å². The van der Waals surface area contributed by atoms with Crippen molar-refractivity contribution in [3.8, 4) is 21.4 Å². The number of rotatable bonds is 4. The molecule has 24 heavy (non-hydrogen) atoms. The average molecular weight is 358 g/mol. The molecule has 0 bridgehead atoms. The van der Waals surface area contributed by atoms with E-state index in [0.29, 0.717) is 24.6 Å². The smallest absolute Gasteiger partial charge is 0.270 e. The average Bonchev–Trinajstić information content (AvgIpc) is 3.30. The number of carbonyl (C=O) groups is 1. The molecule has 3 heterocycles. The summed E-state index contributed by atoms with van der Waals surface area (Å²) in [6, 6.07) is 11.5. The maximum Gasteiger partial charge on any atom is 0.270 e. The molecule has 1 unspecified atom stereocenters. The number of nitrogens with one attached hydrogen (secondary N) is 1. The monoisotopic (exact) mass is 358 g/mol. The molecule has 0 fully saturated rings. The van der Waals surface area contributed by atoms with Crippen LogP contribution in [0.25, 0.3) is 9.88 Å². The lowest BCUT2D eigenvalue weighted by Gasteiger charge is -2.26. The SMILES string of the molecule is O=C(NCC1COc2ccccc2O1)c1csc(-c2cccs2)n1. The summed E-state index contributed by atoms with van der Waals surface area (Å²) >= 11 is 3.08. The highest BCUT2D eigenvalue weighted by Crippen LogP contribution is 2.31. The Morgan fingerprint density at radius 1 is 1.21 bits per heavy atom. The van der Waals surface area contributed by atoms with Crippen molar-refractivity contribution in [1.82, 2.24) is 10.3 Å². The number of hydrogen-bond donors (Lipinski definition) is 1. The topological polar surface area (TPSA) is 60.5 Å². The van der Waals surface area contributed by atoms with Gasteiger partial charge in [-0.15, -0.1) is 22.7 Å². The van der Waals surface area contributed by atoms with Crippen LogP contribution in [0.3, 0.4) is 0 Å². The van der Waals surface area contributed by atoms with Gasteiger partial charge in [0.15, 0.2) is 11.5 Å². The lowest BCUT2D eigenvalue weighted by atomic mass is 10.2. The Morgan fingerprint density at radius 3 is 2.92 bits per heavy atom. The Morgan fingerprint density at radius 2 is 2.08 bits per heavy atom. The zero-order valence-corrected chi connectivity index (χ0v) is 14.2. The number of thiazole rings is 1. The third kappa shape index (κ3) is 3.13. The first-order chi connectivity index (χ1) is 11.8. The molecule has 0 saturated heterocycles. The molecule has 0 aliphatic carbocycles. The normalized spacial score (nSPS) is 15.9. The summed E-state index contributed by atoms with van der Waals surface area (Å²) < 4.78 is 11.5. The van der Waals surface area contributed by atoms with Crippen LogP contribution < -0.4 is 14.8 Å². The van der Waals surface area contributed by atoms with Gasteiger partial charge in [-0.1, -0.05) is 18.2 Å². The quantitative estimate of drug-likeness (QED) is 0.776. The second kappa shape index (κ2) is 6.62. The van der Waals surface area contributed by atoms with Crippen molar-refractivity contribution in [3.63, 3.8) is 0 Å². The number of thiophene rings is 1. The van der Waals surface area contributed by atoms with Gasteiger partial charge in [-0.3, -0.25) is 4.79 Å². The largest absolute Gasteiger partial charge is 0.486 e.